The van der Waals surface area contributed by atoms with Crippen molar-refractivity contribution >= 4 is 5.69 Å². The van der Waals surface area contributed by atoms with Gasteiger partial charge in [-0.3, -0.25) is 9.88 Å². The van der Waals surface area contributed by atoms with Crippen LogP contribution in [0.5, 0.6) is 0 Å². The molecule has 0 bridgehead atoms. The molecule has 5 aromatic rings. The normalized spacial score (nSPS) is 14.3. The van der Waals surface area contributed by atoms with Crippen LogP contribution in [0.25, 0.3) is 22.4 Å². The molecular weight excluding hydrogens is 615 g/mol. The fraction of sp³-hybridized carbons (Fsp3) is 0.326. The summed E-state index contributed by atoms with van der Waals surface area (Å²) in [6.45, 7) is 16.2. The number of pyridine rings is 1. The molecule has 0 amide bonds. The summed E-state index contributed by atoms with van der Waals surface area (Å²) < 4.78 is 40.4. The highest BCUT2D eigenvalue weighted by Crippen LogP contribution is 2.34. The van der Waals surface area contributed by atoms with Crippen LogP contribution in [0.4, 0.5) is 18.9 Å². The first-order valence-corrected chi connectivity index (χ1v) is 17.2. The van der Waals surface area contributed by atoms with Crippen LogP contribution in [0.15, 0.2) is 91.1 Å². The van der Waals surface area contributed by atoms with Gasteiger partial charge in [-0.2, -0.15) is 13.2 Å². The van der Waals surface area contributed by atoms with Crippen LogP contribution < -0.4 is 4.90 Å². The molecule has 0 spiro atoms. The number of nitrogens with zero attached hydrogens (tertiary/aromatic N) is 3. The van der Waals surface area contributed by atoms with Gasteiger partial charge in [0.05, 0.1) is 11.3 Å². The van der Waals surface area contributed by atoms with Crippen LogP contribution in [0.3, 0.4) is 0 Å². The van der Waals surface area contributed by atoms with Gasteiger partial charge in [0.15, 0.2) is 0 Å². The van der Waals surface area contributed by atoms with E-state index in [2.05, 4.69) is 117 Å². The average Bonchev–Trinajstić information content (AvgIpc) is 3.08. The Hall–Kier alpha value is -4.42. The zero-order valence-corrected chi connectivity index (χ0v) is 29.5. The van der Waals surface area contributed by atoms with E-state index >= 15 is 0 Å². The SMILES string of the molecule is Cc1cc(-c2cccc(CN(c3ccc(C(F)(F)F)cc3)C3CCN(Cc4ccnc(-c5cc(C)c(C)c(C)c5)c4)CC3)c2)cc(C)c1C. The number of halogens is 3. The molecule has 0 aliphatic carbocycles. The summed E-state index contributed by atoms with van der Waals surface area (Å²) >= 11 is 0. The Labute approximate surface area is 289 Å². The van der Waals surface area contributed by atoms with Gasteiger partial charge in [-0.1, -0.05) is 30.3 Å². The minimum Gasteiger partial charge on any atom is -0.364 e. The highest BCUT2D eigenvalue weighted by atomic mass is 19.4. The molecule has 0 atom stereocenters. The smallest absolute Gasteiger partial charge is 0.364 e. The predicted molar refractivity (Wildman–Crippen MR) is 196 cm³/mol. The highest BCUT2D eigenvalue weighted by molar-refractivity contribution is 5.67. The number of hydrogen-bond acceptors (Lipinski definition) is 3. The Morgan fingerprint density at radius 2 is 1.27 bits per heavy atom. The fourth-order valence-corrected chi connectivity index (χ4v) is 7.08. The van der Waals surface area contributed by atoms with Crippen molar-refractivity contribution in [1.82, 2.24) is 9.88 Å². The maximum Gasteiger partial charge on any atom is 0.416 e. The average molecular weight is 662 g/mol. The third-order valence-corrected chi connectivity index (χ3v) is 10.5. The summed E-state index contributed by atoms with van der Waals surface area (Å²) in [4.78, 5) is 9.48. The zero-order valence-electron chi connectivity index (χ0n) is 29.5. The lowest BCUT2D eigenvalue weighted by molar-refractivity contribution is -0.137. The lowest BCUT2D eigenvalue weighted by atomic mass is 9.95. The Bertz CT molecular complexity index is 1890. The Morgan fingerprint density at radius 1 is 0.673 bits per heavy atom. The minimum absolute atomic E-state index is 0.201. The fourth-order valence-electron chi connectivity index (χ4n) is 7.08. The number of aromatic nitrogens is 1. The molecule has 1 fully saturated rings. The number of anilines is 1. The van der Waals surface area contributed by atoms with E-state index in [1.54, 1.807) is 12.1 Å². The lowest BCUT2D eigenvalue weighted by Crippen LogP contribution is -2.44. The zero-order chi connectivity index (χ0) is 34.9. The molecule has 0 unspecified atom stereocenters. The van der Waals surface area contributed by atoms with Crippen LogP contribution >= 0.6 is 0 Å². The number of piperidine rings is 1. The van der Waals surface area contributed by atoms with E-state index < -0.39 is 11.7 Å². The summed E-state index contributed by atoms with van der Waals surface area (Å²) in [5.41, 5.74) is 14.7. The van der Waals surface area contributed by atoms with E-state index in [4.69, 9.17) is 0 Å². The van der Waals surface area contributed by atoms with Crippen LogP contribution in [0, 0.1) is 41.5 Å². The van der Waals surface area contributed by atoms with Crippen molar-refractivity contribution in [3.63, 3.8) is 0 Å². The lowest BCUT2D eigenvalue weighted by Gasteiger charge is -2.40. The van der Waals surface area contributed by atoms with Crippen molar-refractivity contribution < 1.29 is 13.2 Å². The first-order chi connectivity index (χ1) is 23.4. The molecule has 49 heavy (non-hydrogen) atoms. The standard InChI is InChI=1S/C43H46F3N3/c1-28-20-37(21-29(2)32(28)5)36-9-7-8-34(24-36)27-49(40-12-10-39(11-13-40)43(44,45)46)41-15-18-48(19-16-41)26-35-14-17-47-42(25-35)38-22-30(3)33(6)31(4)23-38/h7-14,17,20-25,41H,15-16,18-19,26-27H2,1-6H3. The second-order valence-electron chi connectivity index (χ2n) is 13.9. The summed E-state index contributed by atoms with van der Waals surface area (Å²) in [6.07, 6.45) is -0.615. The third-order valence-electron chi connectivity index (χ3n) is 10.5. The second kappa shape index (κ2) is 14.2. The van der Waals surface area contributed by atoms with Gasteiger partial charge in [0.1, 0.15) is 0 Å². The topological polar surface area (TPSA) is 19.4 Å². The molecule has 0 N–H and O–H groups in total. The molecule has 4 aromatic carbocycles. The third kappa shape index (κ3) is 7.91. The number of alkyl halides is 3. The quantitative estimate of drug-likeness (QED) is 0.165. The summed E-state index contributed by atoms with van der Waals surface area (Å²) in [7, 11) is 0. The van der Waals surface area contributed by atoms with Crippen molar-refractivity contribution in [2.24, 2.45) is 0 Å². The van der Waals surface area contributed by atoms with Crippen molar-refractivity contribution in [3.05, 3.63) is 141 Å². The van der Waals surface area contributed by atoms with Gasteiger partial charge in [-0.15, -0.1) is 0 Å². The van der Waals surface area contributed by atoms with E-state index in [0.29, 0.717) is 6.54 Å². The highest BCUT2D eigenvalue weighted by Gasteiger charge is 2.31. The molecule has 6 rings (SSSR count). The molecular formula is C43H46F3N3. The molecule has 1 aliphatic heterocycles. The second-order valence-corrected chi connectivity index (χ2v) is 13.9. The van der Waals surface area contributed by atoms with Gasteiger partial charge in [-0.05, 0) is 165 Å². The van der Waals surface area contributed by atoms with Crippen molar-refractivity contribution in [3.8, 4) is 22.4 Å². The number of likely N-dealkylation sites (tertiary alicyclic amines) is 1. The molecule has 3 nitrogen and oxygen atoms in total. The van der Waals surface area contributed by atoms with E-state index in [-0.39, 0.29) is 6.04 Å². The molecule has 1 aliphatic rings. The largest absolute Gasteiger partial charge is 0.416 e. The first-order valence-electron chi connectivity index (χ1n) is 17.2. The monoisotopic (exact) mass is 661 g/mol. The Kier molecular flexibility index (Phi) is 9.99. The maximum atomic E-state index is 13.5. The molecule has 6 heteroatoms. The van der Waals surface area contributed by atoms with E-state index in [1.165, 1.54) is 56.6 Å². The van der Waals surface area contributed by atoms with Crippen LogP contribution in [0.2, 0.25) is 0 Å². The molecule has 0 radical (unpaired) electrons. The minimum atomic E-state index is -4.36. The van der Waals surface area contributed by atoms with Crippen molar-refractivity contribution in [2.45, 2.75) is 79.7 Å². The number of hydrogen-bond donors (Lipinski definition) is 0. The molecule has 1 aromatic heterocycles. The van der Waals surface area contributed by atoms with Crippen LogP contribution in [0.1, 0.15) is 62.9 Å². The summed E-state index contributed by atoms with van der Waals surface area (Å²) in [6, 6.07) is 27.7. The van der Waals surface area contributed by atoms with Crippen LogP contribution in [-0.2, 0) is 19.3 Å². The number of benzene rings is 4. The summed E-state index contributed by atoms with van der Waals surface area (Å²) in [5.74, 6) is 0. The molecule has 0 saturated carbocycles. The van der Waals surface area contributed by atoms with Crippen LogP contribution in [-0.4, -0.2) is 29.0 Å². The van der Waals surface area contributed by atoms with E-state index in [9.17, 15) is 13.2 Å². The van der Waals surface area contributed by atoms with Crippen molar-refractivity contribution in [2.75, 3.05) is 18.0 Å². The molecule has 254 valence electrons. The maximum absolute atomic E-state index is 13.5. The first kappa shape index (κ1) is 34.4. The Morgan fingerprint density at radius 3 is 1.86 bits per heavy atom. The predicted octanol–water partition coefficient (Wildman–Crippen LogP) is 11.0. The molecule has 1 saturated heterocycles. The number of aryl methyl sites for hydroxylation is 4. The Balaban J connectivity index is 1.20. The van der Waals surface area contributed by atoms with Crippen molar-refractivity contribution in [1.29, 1.82) is 0 Å². The van der Waals surface area contributed by atoms with E-state index in [0.717, 1.165) is 60.5 Å². The van der Waals surface area contributed by atoms with E-state index in [1.807, 2.05) is 6.20 Å². The van der Waals surface area contributed by atoms with Gasteiger partial charge >= 0.3 is 6.18 Å². The van der Waals surface area contributed by atoms with Gasteiger partial charge in [0, 0.05) is 49.7 Å². The van der Waals surface area contributed by atoms with Gasteiger partial charge in [0.2, 0.25) is 0 Å². The van der Waals surface area contributed by atoms with Gasteiger partial charge < -0.3 is 4.90 Å². The summed E-state index contributed by atoms with van der Waals surface area (Å²) in [5, 5.41) is 0. The number of rotatable bonds is 8. The van der Waals surface area contributed by atoms with Gasteiger partial charge in [0.25, 0.3) is 0 Å². The molecule has 2 heterocycles. The van der Waals surface area contributed by atoms with Gasteiger partial charge in [-0.25, -0.2) is 0 Å².